The van der Waals surface area contributed by atoms with Crippen LogP contribution in [0.3, 0.4) is 0 Å². The molecule has 3 rings (SSSR count). The molecular formula is C18H23N3O3. The lowest BCUT2D eigenvalue weighted by Gasteiger charge is -2.22. The van der Waals surface area contributed by atoms with Crippen LogP contribution >= 0.6 is 0 Å². The predicted octanol–water partition coefficient (Wildman–Crippen LogP) is 2.32. The van der Waals surface area contributed by atoms with Crippen molar-refractivity contribution >= 4 is 5.91 Å². The van der Waals surface area contributed by atoms with Gasteiger partial charge in [-0.1, -0.05) is 18.6 Å². The van der Waals surface area contributed by atoms with Gasteiger partial charge in [0.25, 0.3) is 5.91 Å². The van der Waals surface area contributed by atoms with Crippen molar-refractivity contribution in [2.75, 3.05) is 20.7 Å². The highest BCUT2D eigenvalue weighted by atomic mass is 16.5. The van der Waals surface area contributed by atoms with Crippen LogP contribution in [0.2, 0.25) is 0 Å². The number of aromatic nitrogens is 2. The van der Waals surface area contributed by atoms with Crippen molar-refractivity contribution in [1.29, 1.82) is 0 Å². The topological polar surface area (TPSA) is 78.5 Å². The van der Waals surface area contributed by atoms with Crippen LogP contribution < -0.4 is 4.74 Å². The van der Waals surface area contributed by atoms with Gasteiger partial charge >= 0.3 is 0 Å². The molecule has 6 nitrogen and oxygen atoms in total. The van der Waals surface area contributed by atoms with Gasteiger partial charge in [0, 0.05) is 25.1 Å². The lowest BCUT2D eigenvalue weighted by atomic mass is 10.1. The first-order valence-corrected chi connectivity index (χ1v) is 8.22. The van der Waals surface area contributed by atoms with E-state index in [0.717, 1.165) is 24.8 Å². The third-order valence-corrected chi connectivity index (χ3v) is 4.67. The molecule has 1 fully saturated rings. The molecule has 0 spiro atoms. The van der Waals surface area contributed by atoms with E-state index in [1.54, 1.807) is 25.1 Å². The number of hydrogen-bond donors (Lipinski definition) is 2. The number of hydrogen-bond acceptors (Lipinski definition) is 4. The van der Waals surface area contributed by atoms with Gasteiger partial charge in [-0.25, -0.2) is 0 Å². The predicted molar refractivity (Wildman–Crippen MR) is 90.9 cm³/mol. The summed E-state index contributed by atoms with van der Waals surface area (Å²) in [4.78, 5) is 14.2. The summed E-state index contributed by atoms with van der Waals surface area (Å²) in [6, 6.07) is 9.30. The number of aliphatic hydroxyl groups excluding tert-OH is 1. The Kier molecular flexibility index (Phi) is 4.85. The molecule has 1 saturated carbocycles. The third kappa shape index (κ3) is 3.28. The maximum atomic E-state index is 12.6. The lowest BCUT2D eigenvalue weighted by molar-refractivity contribution is 0.0688. The number of nitrogens with one attached hydrogen (secondary N) is 1. The average molecular weight is 329 g/mol. The second kappa shape index (κ2) is 7.05. The molecule has 1 aromatic heterocycles. The summed E-state index contributed by atoms with van der Waals surface area (Å²) >= 11 is 0. The Morgan fingerprint density at radius 1 is 1.42 bits per heavy atom. The molecule has 2 aromatic rings. The molecule has 2 unspecified atom stereocenters. The first kappa shape index (κ1) is 16.5. The van der Waals surface area contributed by atoms with E-state index in [9.17, 15) is 9.90 Å². The maximum absolute atomic E-state index is 12.6. The summed E-state index contributed by atoms with van der Waals surface area (Å²) in [6.07, 6.45) is 2.52. The Labute approximate surface area is 141 Å². The number of carbonyl (C=O) groups is 1. The number of aliphatic hydroxyl groups is 1. The molecule has 128 valence electrons. The summed E-state index contributed by atoms with van der Waals surface area (Å²) in [5.41, 5.74) is 1.94. The first-order chi connectivity index (χ1) is 11.6. The van der Waals surface area contributed by atoms with Crippen LogP contribution in [-0.4, -0.2) is 52.9 Å². The average Bonchev–Trinajstić information content (AvgIpc) is 3.24. The number of ether oxygens (including phenoxy) is 1. The fourth-order valence-corrected chi connectivity index (χ4v) is 3.30. The second-order valence-corrected chi connectivity index (χ2v) is 6.31. The highest BCUT2D eigenvalue weighted by molar-refractivity contribution is 5.93. The largest absolute Gasteiger partial charge is 0.496 e. The van der Waals surface area contributed by atoms with E-state index >= 15 is 0 Å². The normalized spacial score (nSPS) is 20.1. The molecule has 0 aliphatic heterocycles. The molecular weight excluding hydrogens is 306 g/mol. The number of methoxy groups -OCH3 is 1. The Morgan fingerprint density at radius 3 is 2.92 bits per heavy atom. The molecule has 1 aromatic carbocycles. The van der Waals surface area contributed by atoms with E-state index in [4.69, 9.17) is 4.74 Å². The maximum Gasteiger partial charge on any atom is 0.271 e. The van der Waals surface area contributed by atoms with Crippen molar-refractivity contribution in [3.63, 3.8) is 0 Å². The summed E-state index contributed by atoms with van der Waals surface area (Å²) in [5.74, 6) is 0.753. The van der Waals surface area contributed by atoms with Gasteiger partial charge in [0.05, 0.1) is 18.9 Å². The van der Waals surface area contributed by atoms with Gasteiger partial charge in [0.2, 0.25) is 0 Å². The zero-order valence-electron chi connectivity index (χ0n) is 14.0. The second-order valence-electron chi connectivity index (χ2n) is 6.31. The first-order valence-electron chi connectivity index (χ1n) is 8.22. The van der Waals surface area contributed by atoms with Gasteiger partial charge in [-0.3, -0.25) is 9.89 Å². The van der Waals surface area contributed by atoms with Crippen molar-refractivity contribution in [2.24, 2.45) is 5.92 Å². The van der Waals surface area contributed by atoms with Gasteiger partial charge in [-0.05, 0) is 31.0 Å². The third-order valence-electron chi connectivity index (χ3n) is 4.67. The Balaban J connectivity index is 1.73. The standard InChI is InChI=1S/C18H23N3O3/c1-21(11-12-6-5-8-16(12)22)18(23)15-10-14(19-20-15)13-7-3-4-9-17(13)24-2/h3-4,7,9-10,12,16,22H,5-6,8,11H2,1-2H3,(H,19,20). The quantitative estimate of drug-likeness (QED) is 0.882. The van der Waals surface area contributed by atoms with Crippen molar-refractivity contribution in [3.8, 4) is 17.0 Å². The summed E-state index contributed by atoms with van der Waals surface area (Å²) in [5, 5.41) is 17.0. The molecule has 1 amide bonds. The van der Waals surface area contributed by atoms with Crippen molar-refractivity contribution in [2.45, 2.75) is 25.4 Å². The SMILES string of the molecule is COc1ccccc1-c1cc(C(=O)N(C)CC2CCCC2O)[nH]n1. The zero-order chi connectivity index (χ0) is 17.1. The van der Waals surface area contributed by atoms with E-state index in [0.29, 0.717) is 23.7 Å². The van der Waals surface area contributed by atoms with Gasteiger partial charge in [0.1, 0.15) is 11.4 Å². The van der Waals surface area contributed by atoms with Crippen LogP contribution in [0.4, 0.5) is 0 Å². The molecule has 2 atom stereocenters. The van der Waals surface area contributed by atoms with Crippen LogP contribution in [0.1, 0.15) is 29.8 Å². The van der Waals surface area contributed by atoms with E-state index in [-0.39, 0.29) is 17.9 Å². The highest BCUT2D eigenvalue weighted by Crippen LogP contribution is 2.29. The minimum absolute atomic E-state index is 0.122. The van der Waals surface area contributed by atoms with Crippen LogP contribution in [0.15, 0.2) is 30.3 Å². The van der Waals surface area contributed by atoms with Crippen molar-refractivity contribution < 1.29 is 14.6 Å². The molecule has 1 aliphatic rings. The van der Waals surface area contributed by atoms with Gasteiger partial charge in [-0.2, -0.15) is 5.10 Å². The molecule has 2 N–H and O–H groups in total. The molecule has 0 bridgehead atoms. The highest BCUT2D eigenvalue weighted by Gasteiger charge is 2.28. The number of para-hydroxylation sites is 1. The lowest BCUT2D eigenvalue weighted by Crippen LogP contribution is -2.34. The van der Waals surface area contributed by atoms with Gasteiger partial charge in [-0.15, -0.1) is 0 Å². The number of nitrogens with zero attached hydrogens (tertiary/aromatic N) is 2. The van der Waals surface area contributed by atoms with Crippen LogP contribution in [0, 0.1) is 5.92 Å². The Morgan fingerprint density at radius 2 is 2.21 bits per heavy atom. The summed E-state index contributed by atoms with van der Waals surface area (Å²) in [6.45, 7) is 0.559. The molecule has 0 saturated heterocycles. The van der Waals surface area contributed by atoms with Crippen LogP contribution in [0.25, 0.3) is 11.3 Å². The van der Waals surface area contributed by atoms with E-state index in [1.807, 2.05) is 24.3 Å². The number of H-pyrrole nitrogens is 1. The molecule has 1 heterocycles. The van der Waals surface area contributed by atoms with E-state index < -0.39 is 0 Å². The number of carbonyl (C=O) groups excluding carboxylic acids is 1. The molecule has 1 aliphatic carbocycles. The zero-order valence-corrected chi connectivity index (χ0v) is 14.0. The Hall–Kier alpha value is -2.34. The number of amides is 1. The fraction of sp³-hybridized carbons (Fsp3) is 0.444. The number of aromatic amines is 1. The number of benzene rings is 1. The Bertz CT molecular complexity index is 713. The summed E-state index contributed by atoms with van der Waals surface area (Å²) < 4.78 is 5.34. The number of rotatable bonds is 5. The minimum Gasteiger partial charge on any atom is -0.496 e. The summed E-state index contributed by atoms with van der Waals surface area (Å²) in [7, 11) is 3.37. The molecule has 0 radical (unpaired) electrons. The van der Waals surface area contributed by atoms with Crippen LogP contribution in [0.5, 0.6) is 5.75 Å². The van der Waals surface area contributed by atoms with Crippen molar-refractivity contribution in [3.05, 3.63) is 36.0 Å². The van der Waals surface area contributed by atoms with Crippen molar-refractivity contribution in [1.82, 2.24) is 15.1 Å². The minimum atomic E-state index is -0.300. The molecule has 24 heavy (non-hydrogen) atoms. The smallest absolute Gasteiger partial charge is 0.271 e. The van der Waals surface area contributed by atoms with Gasteiger partial charge < -0.3 is 14.7 Å². The van der Waals surface area contributed by atoms with E-state index in [1.165, 1.54) is 0 Å². The van der Waals surface area contributed by atoms with Gasteiger partial charge in [0.15, 0.2) is 0 Å². The monoisotopic (exact) mass is 329 g/mol. The van der Waals surface area contributed by atoms with E-state index in [2.05, 4.69) is 10.2 Å². The molecule has 6 heteroatoms. The van der Waals surface area contributed by atoms with Crippen LogP contribution in [-0.2, 0) is 0 Å². The fourth-order valence-electron chi connectivity index (χ4n) is 3.30.